The average molecular weight is 249 g/mol. The van der Waals surface area contributed by atoms with Crippen LogP contribution in [0, 0.1) is 5.92 Å². The Morgan fingerprint density at radius 3 is 2.25 bits per heavy atom. The third-order valence-corrected chi connectivity index (χ3v) is 5.05. The molecule has 0 heterocycles. The summed E-state index contributed by atoms with van der Waals surface area (Å²) in [5.74, 6) is 0.581. The molecular weight excluding hydrogens is 226 g/mol. The monoisotopic (exact) mass is 249 g/mol. The first-order valence-electron chi connectivity index (χ1n) is 5.95. The van der Waals surface area contributed by atoms with Crippen LogP contribution in [0.15, 0.2) is 0 Å². The fourth-order valence-electron chi connectivity index (χ4n) is 1.90. The number of hydrogen-bond acceptors (Lipinski definition) is 3. The van der Waals surface area contributed by atoms with E-state index >= 15 is 0 Å². The molecule has 0 bridgehead atoms. The van der Waals surface area contributed by atoms with Crippen LogP contribution in [0.2, 0.25) is 0 Å². The summed E-state index contributed by atoms with van der Waals surface area (Å²) in [5, 5.41) is 9.68. The molecule has 0 aromatic rings. The van der Waals surface area contributed by atoms with E-state index in [0.717, 1.165) is 19.3 Å². The van der Waals surface area contributed by atoms with Gasteiger partial charge in [0.25, 0.3) is 0 Å². The van der Waals surface area contributed by atoms with E-state index in [0.29, 0.717) is 12.5 Å². The van der Waals surface area contributed by atoms with E-state index in [9.17, 15) is 13.5 Å². The molecule has 0 unspecified atom stereocenters. The van der Waals surface area contributed by atoms with Gasteiger partial charge in [-0.2, -0.15) is 4.31 Å². The van der Waals surface area contributed by atoms with Crippen LogP contribution in [0.3, 0.4) is 0 Å². The molecule has 0 aliphatic heterocycles. The van der Waals surface area contributed by atoms with Crippen LogP contribution in [0.25, 0.3) is 0 Å². The standard InChI is InChI=1S/C11H23NO3S/c1-4-12(9-11(2,3)13)16(14,15)8-10-6-5-7-10/h10,13H,4-9H2,1-3H3. The summed E-state index contributed by atoms with van der Waals surface area (Å²) in [6.07, 6.45) is 3.20. The lowest BCUT2D eigenvalue weighted by atomic mass is 9.87. The van der Waals surface area contributed by atoms with E-state index in [-0.39, 0.29) is 12.3 Å². The minimum atomic E-state index is -3.19. The Bertz CT molecular complexity index is 315. The lowest BCUT2D eigenvalue weighted by Crippen LogP contribution is -2.44. The topological polar surface area (TPSA) is 57.6 Å². The number of nitrogens with zero attached hydrogens (tertiary/aromatic N) is 1. The van der Waals surface area contributed by atoms with Crippen molar-refractivity contribution in [1.82, 2.24) is 4.31 Å². The molecule has 0 amide bonds. The molecule has 0 radical (unpaired) electrons. The first-order chi connectivity index (χ1) is 7.24. The molecule has 1 saturated carbocycles. The highest BCUT2D eigenvalue weighted by Crippen LogP contribution is 2.28. The van der Waals surface area contributed by atoms with Gasteiger partial charge < -0.3 is 5.11 Å². The summed E-state index contributed by atoms with van der Waals surface area (Å²) in [5.41, 5.74) is -0.970. The van der Waals surface area contributed by atoms with Gasteiger partial charge in [0, 0.05) is 13.1 Å². The van der Waals surface area contributed by atoms with E-state index in [4.69, 9.17) is 0 Å². The zero-order valence-electron chi connectivity index (χ0n) is 10.4. The molecule has 1 N–H and O–H groups in total. The summed E-state index contributed by atoms with van der Waals surface area (Å²) in [7, 11) is -3.19. The minimum Gasteiger partial charge on any atom is -0.389 e. The molecule has 96 valence electrons. The molecule has 0 atom stereocenters. The second kappa shape index (κ2) is 5.02. The smallest absolute Gasteiger partial charge is 0.214 e. The number of sulfonamides is 1. The summed E-state index contributed by atoms with van der Waals surface area (Å²) in [4.78, 5) is 0. The molecular formula is C11H23NO3S. The Morgan fingerprint density at radius 1 is 1.38 bits per heavy atom. The predicted molar refractivity (Wildman–Crippen MR) is 64.7 cm³/mol. The van der Waals surface area contributed by atoms with Crippen molar-refractivity contribution in [2.45, 2.75) is 45.6 Å². The van der Waals surface area contributed by atoms with Crippen LogP contribution >= 0.6 is 0 Å². The van der Waals surface area contributed by atoms with Crippen molar-refractivity contribution in [2.24, 2.45) is 5.92 Å². The van der Waals surface area contributed by atoms with Crippen molar-refractivity contribution in [1.29, 1.82) is 0 Å². The second-order valence-electron chi connectivity index (χ2n) is 5.31. The van der Waals surface area contributed by atoms with E-state index in [2.05, 4.69) is 0 Å². The van der Waals surface area contributed by atoms with Crippen molar-refractivity contribution in [3.05, 3.63) is 0 Å². The van der Waals surface area contributed by atoms with Gasteiger partial charge in [-0.1, -0.05) is 13.3 Å². The summed E-state index contributed by atoms with van der Waals surface area (Å²) >= 11 is 0. The van der Waals surface area contributed by atoms with E-state index < -0.39 is 15.6 Å². The molecule has 1 fully saturated rings. The molecule has 1 rings (SSSR count). The zero-order valence-corrected chi connectivity index (χ0v) is 11.3. The molecule has 1 aliphatic carbocycles. The van der Waals surface area contributed by atoms with E-state index in [1.807, 2.05) is 6.92 Å². The van der Waals surface area contributed by atoms with Crippen molar-refractivity contribution in [3.8, 4) is 0 Å². The quantitative estimate of drug-likeness (QED) is 0.770. The maximum absolute atomic E-state index is 12.1. The van der Waals surface area contributed by atoms with Crippen molar-refractivity contribution in [3.63, 3.8) is 0 Å². The first kappa shape index (κ1) is 13.9. The molecule has 1 aliphatic rings. The maximum atomic E-state index is 12.1. The van der Waals surface area contributed by atoms with Gasteiger partial charge in [0.1, 0.15) is 0 Å². The number of aliphatic hydroxyl groups is 1. The largest absolute Gasteiger partial charge is 0.389 e. The normalized spacial score (nSPS) is 18.8. The van der Waals surface area contributed by atoms with Gasteiger partial charge >= 0.3 is 0 Å². The van der Waals surface area contributed by atoms with Crippen molar-refractivity contribution < 1.29 is 13.5 Å². The van der Waals surface area contributed by atoms with Gasteiger partial charge in [-0.3, -0.25) is 0 Å². The number of likely N-dealkylation sites (N-methyl/N-ethyl adjacent to an activating group) is 1. The SMILES string of the molecule is CCN(CC(C)(C)O)S(=O)(=O)CC1CCC1. The molecule has 16 heavy (non-hydrogen) atoms. The molecule has 0 aromatic heterocycles. The van der Waals surface area contributed by atoms with E-state index in [1.54, 1.807) is 13.8 Å². The Balaban J connectivity index is 2.62. The second-order valence-corrected chi connectivity index (χ2v) is 7.33. The highest BCUT2D eigenvalue weighted by atomic mass is 32.2. The number of hydrogen-bond donors (Lipinski definition) is 1. The summed E-state index contributed by atoms with van der Waals surface area (Å²) in [6, 6.07) is 0. The number of rotatable bonds is 6. The minimum absolute atomic E-state index is 0.179. The summed E-state index contributed by atoms with van der Waals surface area (Å²) < 4.78 is 25.5. The van der Waals surface area contributed by atoms with Gasteiger partial charge in [0.2, 0.25) is 10.0 Å². The Hall–Kier alpha value is -0.130. The van der Waals surface area contributed by atoms with Crippen LogP contribution < -0.4 is 0 Å². The molecule has 0 aromatic carbocycles. The van der Waals surface area contributed by atoms with Gasteiger partial charge in [0.15, 0.2) is 0 Å². The van der Waals surface area contributed by atoms with Crippen LogP contribution in [-0.4, -0.2) is 42.3 Å². The average Bonchev–Trinajstić information content (AvgIpc) is 2.06. The van der Waals surface area contributed by atoms with Crippen LogP contribution in [0.4, 0.5) is 0 Å². The predicted octanol–water partition coefficient (Wildman–Crippen LogP) is 1.21. The van der Waals surface area contributed by atoms with Gasteiger partial charge in [-0.15, -0.1) is 0 Å². The fraction of sp³-hybridized carbons (Fsp3) is 1.00. The molecule has 5 heteroatoms. The first-order valence-corrected chi connectivity index (χ1v) is 7.56. The van der Waals surface area contributed by atoms with Crippen LogP contribution in [-0.2, 0) is 10.0 Å². The van der Waals surface area contributed by atoms with Crippen molar-refractivity contribution in [2.75, 3.05) is 18.8 Å². The lowest BCUT2D eigenvalue weighted by molar-refractivity contribution is 0.0599. The molecule has 4 nitrogen and oxygen atoms in total. The summed E-state index contributed by atoms with van der Waals surface area (Å²) in [6.45, 7) is 5.69. The third kappa shape index (κ3) is 4.03. The zero-order chi connectivity index (χ0) is 12.4. The highest BCUT2D eigenvalue weighted by molar-refractivity contribution is 7.89. The Morgan fingerprint density at radius 2 is 1.94 bits per heavy atom. The van der Waals surface area contributed by atoms with Crippen molar-refractivity contribution >= 4 is 10.0 Å². The lowest BCUT2D eigenvalue weighted by Gasteiger charge is -2.31. The molecule has 0 spiro atoms. The highest BCUT2D eigenvalue weighted by Gasteiger charge is 2.31. The van der Waals surface area contributed by atoms with E-state index in [1.165, 1.54) is 4.31 Å². The third-order valence-electron chi connectivity index (χ3n) is 2.98. The fourth-order valence-corrected chi connectivity index (χ4v) is 3.95. The Kier molecular flexibility index (Phi) is 4.37. The van der Waals surface area contributed by atoms with Crippen LogP contribution in [0.5, 0.6) is 0 Å². The van der Waals surface area contributed by atoms with Crippen LogP contribution in [0.1, 0.15) is 40.0 Å². The van der Waals surface area contributed by atoms with Gasteiger partial charge in [-0.25, -0.2) is 8.42 Å². The Labute approximate surface area is 98.7 Å². The van der Waals surface area contributed by atoms with Gasteiger partial charge in [-0.05, 0) is 32.6 Å². The maximum Gasteiger partial charge on any atom is 0.214 e. The molecule has 0 saturated heterocycles. The van der Waals surface area contributed by atoms with Gasteiger partial charge in [0.05, 0.1) is 11.4 Å².